The van der Waals surface area contributed by atoms with Crippen LogP contribution in [0.1, 0.15) is 12.7 Å². The van der Waals surface area contributed by atoms with Crippen molar-refractivity contribution < 1.29 is 4.42 Å². The number of imidazole rings is 1. The highest BCUT2D eigenvalue weighted by Crippen LogP contribution is 2.24. The van der Waals surface area contributed by atoms with Crippen molar-refractivity contribution in [2.24, 2.45) is 0 Å². The van der Waals surface area contributed by atoms with E-state index in [0.717, 1.165) is 40.2 Å². The quantitative estimate of drug-likeness (QED) is 0.566. The van der Waals surface area contributed by atoms with Crippen LogP contribution < -0.4 is 0 Å². The minimum Gasteiger partial charge on any atom is -0.467 e. The van der Waals surface area contributed by atoms with Gasteiger partial charge in [-0.15, -0.1) is 0 Å². The van der Waals surface area contributed by atoms with Gasteiger partial charge in [-0.2, -0.15) is 0 Å². The maximum Gasteiger partial charge on any atom is 0.164 e. The Balaban J connectivity index is 1.80. The van der Waals surface area contributed by atoms with Gasteiger partial charge in [0.25, 0.3) is 0 Å². The number of benzene rings is 1. The van der Waals surface area contributed by atoms with Crippen LogP contribution in [0.3, 0.4) is 0 Å². The highest BCUT2D eigenvalue weighted by molar-refractivity contribution is 5.79. The van der Waals surface area contributed by atoms with E-state index in [-0.39, 0.29) is 0 Å². The van der Waals surface area contributed by atoms with E-state index < -0.39 is 0 Å². The minimum absolute atomic E-state index is 0.836. The zero-order valence-corrected chi connectivity index (χ0v) is 12.2. The number of hydrogen-bond acceptors (Lipinski definition) is 3. The minimum atomic E-state index is 0.836. The number of aromatic nitrogens is 3. The summed E-state index contributed by atoms with van der Waals surface area (Å²) in [4.78, 5) is 9.06. The summed E-state index contributed by atoms with van der Waals surface area (Å²) >= 11 is 0. The van der Waals surface area contributed by atoms with Crippen LogP contribution in [0, 0.1) is 0 Å². The molecule has 1 aromatic carbocycles. The average Bonchev–Trinajstić information content (AvgIpc) is 3.21. The zero-order chi connectivity index (χ0) is 14.9. The number of aryl methyl sites for hydroxylation is 1. The lowest BCUT2D eigenvalue weighted by molar-refractivity contribution is 0.515. The molecule has 0 bridgehead atoms. The number of fused-ring (bicyclic) bond motifs is 1. The third-order valence-electron chi connectivity index (χ3n) is 3.76. The van der Waals surface area contributed by atoms with Crippen LogP contribution in [0.15, 0.2) is 65.7 Å². The maximum atomic E-state index is 5.50. The molecule has 0 N–H and O–H groups in total. The van der Waals surface area contributed by atoms with Crippen LogP contribution in [0.2, 0.25) is 0 Å². The van der Waals surface area contributed by atoms with Gasteiger partial charge in [-0.1, -0.05) is 37.3 Å². The van der Waals surface area contributed by atoms with Gasteiger partial charge in [0.1, 0.15) is 23.9 Å². The smallest absolute Gasteiger partial charge is 0.164 e. The summed E-state index contributed by atoms with van der Waals surface area (Å²) in [7, 11) is 0. The summed E-state index contributed by atoms with van der Waals surface area (Å²) in [5.41, 5.74) is 4.88. The number of rotatable bonds is 3. The molecule has 4 aromatic rings. The first-order valence-corrected chi connectivity index (χ1v) is 7.31. The fourth-order valence-electron chi connectivity index (χ4n) is 2.56. The third-order valence-corrected chi connectivity index (χ3v) is 3.76. The molecule has 4 nitrogen and oxygen atoms in total. The molecule has 0 aliphatic rings. The molecule has 0 saturated carbocycles. The van der Waals surface area contributed by atoms with Crippen molar-refractivity contribution in [2.45, 2.75) is 13.3 Å². The van der Waals surface area contributed by atoms with Gasteiger partial charge in [0.15, 0.2) is 5.65 Å². The van der Waals surface area contributed by atoms with E-state index in [9.17, 15) is 0 Å². The summed E-state index contributed by atoms with van der Waals surface area (Å²) in [6.45, 7) is 2.07. The molecule has 3 aromatic heterocycles. The van der Waals surface area contributed by atoms with E-state index in [1.54, 1.807) is 12.6 Å². The lowest BCUT2D eigenvalue weighted by Gasteiger charge is -2.02. The van der Waals surface area contributed by atoms with Gasteiger partial charge >= 0.3 is 0 Å². The summed E-state index contributed by atoms with van der Waals surface area (Å²) in [5.74, 6) is 0.956. The SMILES string of the molecule is CCc1cc(-n2cnc3cc(-c4ccccc4)cnc32)co1. The van der Waals surface area contributed by atoms with Crippen LogP contribution in [-0.4, -0.2) is 14.5 Å². The Labute approximate surface area is 128 Å². The molecule has 4 rings (SSSR count). The van der Waals surface area contributed by atoms with Crippen LogP contribution in [0.5, 0.6) is 0 Å². The summed E-state index contributed by atoms with van der Waals surface area (Å²) in [5, 5.41) is 0. The predicted molar refractivity (Wildman–Crippen MR) is 85.9 cm³/mol. The van der Waals surface area contributed by atoms with Gasteiger partial charge < -0.3 is 4.42 Å². The standard InChI is InChI=1S/C18H15N3O/c1-2-16-9-15(11-22-16)21-12-20-17-8-14(10-19-18(17)21)13-6-4-3-5-7-13/h3-12H,2H2,1H3. The van der Waals surface area contributed by atoms with E-state index in [1.165, 1.54) is 0 Å². The van der Waals surface area contributed by atoms with Gasteiger partial charge in [0, 0.05) is 24.2 Å². The zero-order valence-electron chi connectivity index (χ0n) is 12.2. The fraction of sp³-hybridized carbons (Fsp3) is 0.111. The molecule has 22 heavy (non-hydrogen) atoms. The largest absolute Gasteiger partial charge is 0.467 e. The van der Waals surface area contributed by atoms with Crippen molar-refractivity contribution in [1.29, 1.82) is 0 Å². The molecule has 0 aliphatic heterocycles. The number of hydrogen-bond donors (Lipinski definition) is 0. The molecule has 0 unspecified atom stereocenters. The third kappa shape index (κ3) is 2.09. The van der Waals surface area contributed by atoms with E-state index in [1.807, 2.05) is 35.0 Å². The van der Waals surface area contributed by atoms with E-state index in [0.29, 0.717) is 0 Å². The van der Waals surface area contributed by atoms with Crippen LogP contribution in [-0.2, 0) is 6.42 Å². The van der Waals surface area contributed by atoms with E-state index in [2.05, 4.69) is 35.1 Å². The molecule has 0 spiro atoms. The highest BCUT2D eigenvalue weighted by atomic mass is 16.3. The second-order valence-electron chi connectivity index (χ2n) is 5.17. The van der Waals surface area contributed by atoms with Gasteiger partial charge in [0.2, 0.25) is 0 Å². The Kier molecular flexibility index (Phi) is 3.00. The summed E-state index contributed by atoms with van der Waals surface area (Å²) in [6, 6.07) is 14.3. The second-order valence-corrected chi connectivity index (χ2v) is 5.17. The monoisotopic (exact) mass is 289 g/mol. The van der Waals surface area contributed by atoms with Crippen molar-refractivity contribution in [3.63, 3.8) is 0 Å². The van der Waals surface area contributed by atoms with Crippen molar-refractivity contribution in [2.75, 3.05) is 0 Å². The van der Waals surface area contributed by atoms with Crippen LogP contribution >= 0.6 is 0 Å². The molecule has 4 heteroatoms. The highest BCUT2D eigenvalue weighted by Gasteiger charge is 2.10. The normalized spacial score (nSPS) is 11.1. The molecular weight excluding hydrogens is 274 g/mol. The first-order chi connectivity index (χ1) is 10.8. The van der Waals surface area contributed by atoms with E-state index in [4.69, 9.17) is 4.42 Å². The van der Waals surface area contributed by atoms with Gasteiger partial charge in [-0.25, -0.2) is 9.97 Å². The lowest BCUT2D eigenvalue weighted by atomic mass is 10.1. The van der Waals surface area contributed by atoms with E-state index >= 15 is 0 Å². The number of furan rings is 1. The Morgan fingerprint density at radius 1 is 1.05 bits per heavy atom. The Morgan fingerprint density at radius 3 is 2.68 bits per heavy atom. The van der Waals surface area contributed by atoms with Crippen molar-refractivity contribution in [3.8, 4) is 16.8 Å². The predicted octanol–water partition coefficient (Wildman–Crippen LogP) is 4.24. The van der Waals surface area contributed by atoms with Gasteiger partial charge in [-0.05, 0) is 11.6 Å². The fourth-order valence-corrected chi connectivity index (χ4v) is 2.56. The van der Waals surface area contributed by atoms with Crippen LogP contribution in [0.25, 0.3) is 28.0 Å². The summed E-state index contributed by atoms with van der Waals surface area (Å²) < 4.78 is 7.45. The maximum absolute atomic E-state index is 5.50. The van der Waals surface area contributed by atoms with Crippen molar-refractivity contribution in [3.05, 3.63) is 67.0 Å². The number of pyridine rings is 1. The molecular formula is C18H15N3O. The topological polar surface area (TPSA) is 43.9 Å². The molecule has 0 radical (unpaired) electrons. The molecule has 0 fully saturated rings. The molecule has 3 heterocycles. The van der Waals surface area contributed by atoms with Gasteiger partial charge in [0.05, 0.1) is 5.69 Å². The molecule has 0 saturated heterocycles. The number of nitrogens with zero attached hydrogens (tertiary/aromatic N) is 3. The second kappa shape index (κ2) is 5.15. The molecule has 108 valence electrons. The Hall–Kier alpha value is -2.88. The Bertz CT molecular complexity index is 922. The molecule has 0 aliphatic carbocycles. The van der Waals surface area contributed by atoms with Crippen molar-refractivity contribution in [1.82, 2.24) is 14.5 Å². The lowest BCUT2D eigenvalue weighted by Crippen LogP contribution is -1.92. The Morgan fingerprint density at radius 2 is 1.91 bits per heavy atom. The van der Waals surface area contributed by atoms with Gasteiger partial charge in [-0.3, -0.25) is 4.57 Å². The van der Waals surface area contributed by atoms with Crippen molar-refractivity contribution >= 4 is 11.2 Å². The molecule has 0 atom stereocenters. The van der Waals surface area contributed by atoms with Crippen LogP contribution in [0.4, 0.5) is 0 Å². The first-order valence-electron chi connectivity index (χ1n) is 7.31. The average molecular weight is 289 g/mol. The first kappa shape index (κ1) is 12.8. The summed E-state index contributed by atoms with van der Waals surface area (Å²) in [6.07, 6.45) is 6.29. The molecule has 0 amide bonds.